The molecular weight excluding hydrogens is 390 g/mol. The smallest absolute Gasteiger partial charge is 0.183 e. The Morgan fingerprint density at radius 2 is 1.89 bits per heavy atom. The van der Waals surface area contributed by atoms with Crippen LogP contribution in [0.5, 0.6) is 5.75 Å². The average molecular weight is 418 g/mol. The lowest BCUT2D eigenvalue weighted by molar-refractivity contribution is 0.111. The number of aromatic nitrogens is 2. The highest BCUT2D eigenvalue weighted by Crippen LogP contribution is 2.33. The van der Waals surface area contributed by atoms with Crippen molar-refractivity contribution in [2.45, 2.75) is 30.7 Å². The van der Waals surface area contributed by atoms with E-state index in [-0.39, 0.29) is 0 Å². The highest BCUT2D eigenvalue weighted by Gasteiger charge is 2.07. The molecule has 0 saturated carbocycles. The van der Waals surface area contributed by atoms with Gasteiger partial charge in [-0.15, -0.1) is 11.8 Å². The summed E-state index contributed by atoms with van der Waals surface area (Å²) in [6.45, 7) is 6.05. The number of carbonyl (C=O) groups is 1. The number of thiazole rings is 1. The predicted molar refractivity (Wildman–Crippen MR) is 120 cm³/mol. The van der Waals surface area contributed by atoms with Crippen molar-refractivity contribution in [2.24, 2.45) is 0 Å². The van der Waals surface area contributed by atoms with Crippen LogP contribution in [0.25, 0.3) is 0 Å². The second kappa shape index (κ2) is 13.7. The Kier molecular flexibility index (Phi) is 11.6. The van der Waals surface area contributed by atoms with Crippen LogP contribution in [-0.2, 0) is 5.75 Å². The van der Waals surface area contributed by atoms with E-state index < -0.39 is 0 Å². The minimum absolute atomic E-state index is 0.479. The zero-order chi connectivity index (χ0) is 20.8. The maximum atomic E-state index is 9.94. The molecule has 0 bridgehead atoms. The van der Waals surface area contributed by atoms with E-state index in [0.29, 0.717) is 5.69 Å². The minimum atomic E-state index is 0.479. The molecular formula is C21H27N3O2S2. The molecule has 0 atom stereocenters. The summed E-state index contributed by atoms with van der Waals surface area (Å²) in [5, 5.41) is 4.06. The van der Waals surface area contributed by atoms with Crippen LogP contribution in [0, 0.1) is 6.92 Å². The van der Waals surface area contributed by atoms with Gasteiger partial charge < -0.3 is 10.1 Å². The summed E-state index contributed by atoms with van der Waals surface area (Å²) < 4.78 is 6.42. The van der Waals surface area contributed by atoms with Crippen LogP contribution in [0.2, 0.25) is 0 Å². The molecule has 3 rings (SSSR count). The first kappa shape index (κ1) is 23.7. The van der Waals surface area contributed by atoms with Crippen LogP contribution < -0.4 is 10.1 Å². The Hall–Kier alpha value is -2.38. The molecule has 150 valence electrons. The third-order valence-electron chi connectivity index (χ3n) is 3.31. The van der Waals surface area contributed by atoms with E-state index in [4.69, 9.17) is 4.74 Å². The molecule has 1 aromatic carbocycles. The fraction of sp³-hybridized carbons (Fsp3) is 0.286. The van der Waals surface area contributed by atoms with Gasteiger partial charge in [0.15, 0.2) is 11.4 Å². The molecule has 0 aliphatic heterocycles. The number of nitrogens with one attached hydrogen (secondary N) is 1. The van der Waals surface area contributed by atoms with Crippen LogP contribution in [-0.4, -0.2) is 30.4 Å². The predicted octanol–water partition coefficient (Wildman–Crippen LogP) is 5.71. The summed E-state index contributed by atoms with van der Waals surface area (Å²) in [5.41, 5.74) is 2.87. The van der Waals surface area contributed by atoms with E-state index in [1.54, 1.807) is 42.8 Å². The zero-order valence-electron chi connectivity index (χ0n) is 16.9. The number of pyridine rings is 1. The van der Waals surface area contributed by atoms with Gasteiger partial charge in [-0.1, -0.05) is 43.4 Å². The Labute approximate surface area is 175 Å². The van der Waals surface area contributed by atoms with Gasteiger partial charge in [-0.2, -0.15) is 0 Å². The van der Waals surface area contributed by atoms with Gasteiger partial charge in [0.2, 0.25) is 0 Å². The average Bonchev–Trinajstić information content (AvgIpc) is 3.14. The van der Waals surface area contributed by atoms with Crippen molar-refractivity contribution in [3.63, 3.8) is 0 Å². The summed E-state index contributed by atoms with van der Waals surface area (Å²) in [5.74, 6) is 1.85. The largest absolute Gasteiger partial charge is 0.497 e. The van der Waals surface area contributed by atoms with Crippen molar-refractivity contribution >= 4 is 34.5 Å². The second-order valence-electron chi connectivity index (χ2n) is 5.15. The lowest BCUT2D eigenvalue weighted by Gasteiger charge is -2.02. The standard InChI is InChI=1S/C13H16N2OS2.C6H5NO.C2H6/c1-9-12(18-13(14-2)15-9)17-8-10-4-6-11(16-3)7-5-10;8-5-6-3-1-2-4-7-6;1-2/h4-7H,8H2,1-3H3,(H,14,15);1-5H;1-2H3. The Morgan fingerprint density at radius 3 is 2.36 bits per heavy atom. The number of hydrogen-bond donors (Lipinski definition) is 1. The van der Waals surface area contributed by atoms with Crippen molar-refractivity contribution in [3.05, 3.63) is 65.6 Å². The number of rotatable bonds is 6. The van der Waals surface area contributed by atoms with Crippen molar-refractivity contribution in [1.82, 2.24) is 9.97 Å². The zero-order valence-corrected chi connectivity index (χ0v) is 18.6. The number of nitrogens with zero attached hydrogens (tertiary/aromatic N) is 2. The van der Waals surface area contributed by atoms with Crippen LogP contribution in [0.15, 0.2) is 52.9 Å². The molecule has 3 aromatic rings. The maximum absolute atomic E-state index is 9.94. The summed E-state index contributed by atoms with van der Waals surface area (Å²) in [6, 6.07) is 13.4. The topological polar surface area (TPSA) is 64.1 Å². The van der Waals surface area contributed by atoms with E-state index in [1.165, 1.54) is 9.77 Å². The molecule has 0 amide bonds. The SMILES string of the molecule is CC.CNc1nc(C)c(SCc2ccc(OC)cc2)s1.O=Cc1ccccn1. The fourth-order valence-electron chi connectivity index (χ4n) is 1.94. The van der Waals surface area contributed by atoms with Gasteiger partial charge in [0.05, 0.1) is 17.0 Å². The van der Waals surface area contributed by atoms with E-state index in [2.05, 4.69) is 27.4 Å². The molecule has 0 unspecified atom stereocenters. The summed E-state index contributed by atoms with van der Waals surface area (Å²) in [4.78, 5) is 18.1. The summed E-state index contributed by atoms with van der Waals surface area (Å²) in [6.07, 6.45) is 2.31. The number of aryl methyl sites for hydroxylation is 1. The lowest BCUT2D eigenvalue weighted by Crippen LogP contribution is -1.85. The van der Waals surface area contributed by atoms with Gasteiger partial charge in [-0.05, 0) is 36.8 Å². The van der Waals surface area contributed by atoms with Gasteiger partial charge in [0.1, 0.15) is 11.4 Å². The quantitative estimate of drug-likeness (QED) is 0.409. The monoisotopic (exact) mass is 417 g/mol. The molecule has 0 fully saturated rings. The van der Waals surface area contributed by atoms with Gasteiger partial charge in [0, 0.05) is 19.0 Å². The van der Waals surface area contributed by atoms with Crippen LogP contribution in [0.1, 0.15) is 35.6 Å². The Morgan fingerprint density at radius 1 is 1.18 bits per heavy atom. The highest BCUT2D eigenvalue weighted by molar-refractivity contribution is 8.00. The number of benzene rings is 1. The van der Waals surface area contributed by atoms with Gasteiger partial charge >= 0.3 is 0 Å². The summed E-state index contributed by atoms with van der Waals surface area (Å²) >= 11 is 3.53. The first-order chi connectivity index (χ1) is 13.7. The van der Waals surface area contributed by atoms with Gasteiger partial charge in [-0.25, -0.2) is 4.98 Å². The number of thioether (sulfide) groups is 1. The molecule has 0 aliphatic carbocycles. The number of aldehydes is 1. The van der Waals surface area contributed by atoms with E-state index in [0.717, 1.165) is 28.6 Å². The number of hydrogen-bond acceptors (Lipinski definition) is 7. The Bertz CT molecular complexity index is 806. The first-order valence-electron chi connectivity index (χ1n) is 8.93. The third kappa shape index (κ3) is 8.10. The Balaban J connectivity index is 0.000000327. The fourth-order valence-corrected chi connectivity index (χ4v) is 3.99. The molecule has 2 heterocycles. The number of carbonyl (C=O) groups excluding carboxylic acids is 1. The number of ether oxygens (including phenoxy) is 1. The van der Waals surface area contributed by atoms with Crippen molar-refractivity contribution in [1.29, 1.82) is 0 Å². The van der Waals surface area contributed by atoms with E-state index in [9.17, 15) is 4.79 Å². The maximum Gasteiger partial charge on any atom is 0.183 e. The van der Waals surface area contributed by atoms with Gasteiger partial charge in [0.25, 0.3) is 0 Å². The lowest BCUT2D eigenvalue weighted by atomic mass is 10.2. The minimum Gasteiger partial charge on any atom is -0.497 e. The van der Waals surface area contributed by atoms with Crippen molar-refractivity contribution in [3.8, 4) is 5.75 Å². The summed E-state index contributed by atoms with van der Waals surface area (Å²) in [7, 11) is 3.58. The van der Waals surface area contributed by atoms with Crippen LogP contribution in [0.3, 0.4) is 0 Å². The third-order valence-corrected chi connectivity index (χ3v) is 5.91. The molecule has 5 nitrogen and oxygen atoms in total. The number of anilines is 1. The van der Waals surface area contributed by atoms with E-state index >= 15 is 0 Å². The molecule has 0 radical (unpaired) electrons. The van der Waals surface area contributed by atoms with Crippen molar-refractivity contribution in [2.75, 3.05) is 19.5 Å². The van der Waals surface area contributed by atoms with Crippen LogP contribution in [0.4, 0.5) is 5.13 Å². The highest BCUT2D eigenvalue weighted by atomic mass is 32.2. The molecule has 1 N–H and O–H groups in total. The normalized spacial score (nSPS) is 9.32. The van der Waals surface area contributed by atoms with Gasteiger partial charge in [-0.3, -0.25) is 9.78 Å². The molecule has 7 heteroatoms. The number of methoxy groups -OCH3 is 1. The molecule has 28 heavy (non-hydrogen) atoms. The van der Waals surface area contributed by atoms with Crippen LogP contribution >= 0.6 is 23.1 Å². The van der Waals surface area contributed by atoms with Crippen molar-refractivity contribution < 1.29 is 9.53 Å². The molecule has 0 saturated heterocycles. The van der Waals surface area contributed by atoms with E-state index in [1.807, 2.05) is 51.7 Å². The first-order valence-corrected chi connectivity index (χ1v) is 10.7. The molecule has 2 aromatic heterocycles. The second-order valence-corrected chi connectivity index (χ2v) is 7.39. The molecule has 0 aliphatic rings. The molecule has 0 spiro atoms.